The zero-order valence-electron chi connectivity index (χ0n) is 11.2. The zero-order valence-corrected chi connectivity index (χ0v) is 11.2. The first-order valence-electron chi connectivity index (χ1n) is 5.88. The van der Waals surface area contributed by atoms with Crippen molar-refractivity contribution < 1.29 is 14.6 Å². The largest absolute Gasteiger partial charge is 0.497 e. The van der Waals surface area contributed by atoms with Crippen LogP contribution in [0, 0.1) is 0 Å². The van der Waals surface area contributed by atoms with Crippen LogP contribution in [0.4, 0.5) is 0 Å². The lowest BCUT2D eigenvalue weighted by Crippen LogP contribution is -2.33. The molecule has 102 valence electrons. The monoisotopic (exact) mass is 254 g/mol. The smallest absolute Gasteiger partial charge is 0.127 e. The summed E-state index contributed by atoms with van der Waals surface area (Å²) in [5.41, 5.74) is 6.44. The van der Waals surface area contributed by atoms with E-state index in [2.05, 4.69) is 0 Å². The molecule has 0 aliphatic rings. The van der Waals surface area contributed by atoms with Gasteiger partial charge in [-0.05, 0) is 13.1 Å². The van der Waals surface area contributed by atoms with Crippen molar-refractivity contribution in [1.82, 2.24) is 4.90 Å². The van der Waals surface area contributed by atoms with Gasteiger partial charge in [0.15, 0.2) is 0 Å². The third-order valence-electron chi connectivity index (χ3n) is 2.73. The Labute approximate surface area is 108 Å². The Morgan fingerprint density at radius 3 is 2.61 bits per heavy atom. The van der Waals surface area contributed by atoms with Crippen LogP contribution >= 0.6 is 0 Å². The van der Waals surface area contributed by atoms with E-state index >= 15 is 0 Å². The molecule has 0 heterocycles. The van der Waals surface area contributed by atoms with Crippen LogP contribution in [-0.4, -0.2) is 50.5 Å². The summed E-state index contributed by atoms with van der Waals surface area (Å²) in [7, 11) is 5.19. The van der Waals surface area contributed by atoms with E-state index in [1.165, 1.54) is 0 Å². The zero-order chi connectivity index (χ0) is 13.5. The number of aliphatic hydroxyl groups is 1. The van der Waals surface area contributed by atoms with Gasteiger partial charge in [0, 0.05) is 31.3 Å². The maximum absolute atomic E-state index is 9.50. The molecular weight excluding hydrogens is 232 g/mol. The van der Waals surface area contributed by atoms with E-state index in [1.807, 2.05) is 30.1 Å². The molecule has 1 aromatic rings. The first-order chi connectivity index (χ1) is 8.60. The first-order valence-corrected chi connectivity index (χ1v) is 5.88. The Hall–Kier alpha value is -1.30. The molecule has 1 aromatic carbocycles. The van der Waals surface area contributed by atoms with E-state index in [9.17, 15) is 5.11 Å². The first kappa shape index (κ1) is 14.8. The number of benzene rings is 1. The van der Waals surface area contributed by atoms with Crippen molar-refractivity contribution in [2.24, 2.45) is 5.73 Å². The van der Waals surface area contributed by atoms with E-state index < -0.39 is 6.10 Å². The topological polar surface area (TPSA) is 68.0 Å². The summed E-state index contributed by atoms with van der Waals surface area (Å²) in [5, 5.41) is 9.50. The van der Waals surface area contributed by atoms with E-state index in [0.29, 0.717) is 13.1 Å². The highest BCUT2D eigenvalue weighted by atomic mass is 16.5. The fourth-order valence-corrected chi connectivity index (χ4v) is 1.77. The van der Waals surface area contributed by atoms with Crippen molar-refractivity contribution in [1.29, 1.82) is 0 Å². The number of nitrogens with zero attached hydrogens (tertiary/aromatic N) is 1. The number of nitrogens with two attached hydrogens (primary N) is 1. The predicted octanol–water partition coefficient (Wildman–Crippen LogP) is 0.455. The number of likely N-dealkylation sites (N-methyl/N-ethyl adjacent to an activating group) is 1. The molecule has 0 saturated carbocycles. The normalized spacial score (nSPS) is 12.6. The summed E-state index contributed by atoms with van der Waals surface area (Å²) in [6.07, 6.45) is -0.501. The van der Waals surface area contributed by atoms with E-state index in [4.69, 9.17) is 15.2 Å². The van der Waals surface area contributed by atoms with Crippen LogP contribution in [-0.2, 0) is 6.54 Å². The van der Waals surface area contributed by atoms with Crippen molar-refractivity contribution in [2.75, 3.05) is 34.4 Å². The molecule has 1 rings (SSSR count). The molecule has 0 saturated heterocycles. The molecule has 5 nitrogen and oxygen atoms in total. The molecule has 5 heteroatoms. The maximum Gasteiger partial charge on any atom is 0.127 e. The average Bonchev–Trinajstić information content (AvgIpc) is 2.38. The lowest BCUT2D eigenvalue weighted by atomic mass is 10.1. The SMILES string of the molecule is COc1ccc(CN(C)CC(O)CN)c(OC)c1. The van der Waals surface area contributed by atoms with Gasteiger partial charge in [-0.2, -0.15) is 0 Å². The van der Waals surface area contributed by atoms with Gasteiger partial charge in [-0.25, -0.2) is 0 Å². The third-order valence-corrected chi connectivity index (χ3v) is 2.73. The van der Waals surface area contributed by atoms with Gasteiger partial charge < -0.3 is 20.3 Å². The minimum Gasteiger partial charge on any atom is -0.497 e. The van der Waals surface area contributed by atoms with Crippen LogP contribution in [0.1, 0.15) is 5.56 Å². The van der Waals surface area contributed by atoms with Gasteiger partial charge in [0.1, 0.15) is 11.5 Å². The Morgan fingerprint density at radius 2 is 2.06 bits per heavy atom. The molecule has 18 heavy (non-hydrogen) atoms. The molecule has 0 aromatic heterocycles. The fraction of sp³-hybridized carbons (Fsp3) is 0.538. The second-order valence-corrected chi connectivity index (χ2v) is 4.26. The third kappa shape index (κ3) is 4.18. The Balaban J connectivity index is 2.71. The van der Waals surface area contributed by atoms with Crippen molar-refractivity contribution >= 4 is 0 Å². The minimum atomic E-state index is -0.501. The summed E-state index contributed by atoms with van der Waals surface area (Å²) < 4.78 is 10.5. The molecule has 0 fully saturated rings. The molecule has 0 radical (unpaired) electrons. The standard InChI is InChI=1S/C13H22N2O3/c1-15(9-11(16)7-14)8-10-4-5-12(17-2)6-13(10)18-3/h4-6,11,16H,7-9,14H2,1-3H3. The van der Waals surface area contributed by atoms with Gasteiger partial charge in [0.2, 0.25) is 0 Å². The number of ether oxygens (including phenoxy) is 2. The van der Waals surface area contributed by atoms with Crippen molar-refractivity contribution in [3.63, 3.8) is 0 Å². The minimum absolute atomic E-state index is 0.268. The van der Waals surface area contributed by atoms with Crippen molar-refractivity contribution in [3.05, 3.63) is 23.8 Å². The second kappa shape index (κ2) is 7.20. The van der Waals surface area contributed by atoms with Gasteiger partial charge in [-0.1, -0.05) is 6.07 Å². The Morgan fingerprint density at radius 1 is 1.33 bits per heavy atom. The maximum atomic E-state index is 9.50. The van der Waals surface area contributed by atoms with Crippen LogP contribution in [0.25, 0.3) is 0 Å². The summed E-state index contributed by atoms with van der Waals surface area (Å²) in [6.45, 7) is 1.49. The summed E-state index contributed by atoms with van der Waals surface area (Å²) in [6, 6.07) is 5.70. The van der Waals surface area contributed by atoms with Crippen LogP contribution < -0.4 is 15.2 Å². The van der Waals surface area contributed by atoms with Gasteiger partial charge in [-0.3, -0.25) is 4.90 Å². The lowest BCUT2D eigenvalue weighted by Gasteiger charge is -2.21. The molecule has 0 bridgehead atoms. The average molecular weight is 254 g/mol. The van der Waals surface area contributed by atoms with Crippen molar-refractivity contribution in [3.8, 4) is 11.5 Å². The molecule has 3 N–H and O–H groups in total. The summed E-state index contributed by atoms with van der Waals surface area (Å²) >= 11 is 0. The molecule has 1 atom stereocenters. The van der Waals surface area contributed by atoms with Gasteiger partial charge >= 0.3 is 0 Å². The summed E-state index contributed by atoms with van der Waals surface area (Å²) in [5.74, 6) is 1.55. The number of hydrogen-bond acceptors (Lipinski definition) is 5. The fourth-order valence-electron chi connectivity index (χ4n) is 1.77. The molecule has 1 unspecified atom stereocenters. The highest BCUT2D eigenvalue weighted by Gasteiger charge is 2.10. The number of aliphatic hydroxyl groups excluding tert-OH is 1. The molecule has 0 spiro atoms. The second-order valence-electron chi connectivity index (χ2n) is 4.26. The van der Waals surface area contributed by atoms with E-state index in [0.717, 1.165) is 17.1 Å². The number of hydrogen-bond donors (Lipinski definition) is 2. The van der Waals surface area contributed by atoms with Gasteiger partial charge in [0.25, 0.3) is 0 Å². The van der Waals surface area contributed by atoms with E-state index in [-0.39, 0.29) is 6.54 Å². The van der Waals surface area contributed by atoms with Gasteiger partial charge in [0.05, 0.1) is 20.3 Å². The van der Waals surface area contributed by atoms with Crippen molar-refractivity contribution in [2.45, 2.75) is 12.6 Å². The molecule has 0 aliphatic carbocycles. The predicted molar refractivity (Wildman–Crippen MR) is 70.9 cm³/mol. The summed E-state index contributed by atoms with van der Waals surface area (Å²) in [4.78, 5) is 2.00. The van der Waals surface area contributed by atoms with Crippen LogP contribution in [0.5, 0.6) is 11.5 Å². The van der Waals surface area contributed by atoms with Gasteiger partial charge in [-0.15, -0.1) is 0 Å². The highest BCUT2D eigenvalue weighted by molar-refractivity contribution is 5.40. The highest BCUT2D eigenvalue weighted by Crippen LogP contribution is 2.25. The molecule has 0 aliphatic heterocycles. The number of methoxy groups -OCH3 is 2. The quantitative estimate of drug-likeness (QED) is 0.739. The Kier molecular flexibility index (Phi) is 5.91. The lowest BCUT2D eigenvalue weighted by molar-refractivity contribution is 0.129. The van der Waals surface area contributed by atoms with E-state index in [1.54, 1.807) is 14.2 Å². The van der Waals surface area contributed by atoms with Crippen LogP contribution in [0.2, 0.25) is 0 Å². The van der Waals surface area contributed by atoms with Crippen LogP contribution in [0.15, 0.2) is 18.2 Å². The number of rotatable bonds is 7. The Bertz CT molecular complexity index is 371. The van der Waals surface area contributed by atoms with Crippen LogP contribution in [0.3, 0.4) is 0 Å². The molecule has 0 amide bonds. The molecular formula is C13H22N2O3.